The van der Waals surface area contributed by atoms with Crippen LogP contribution in [0.3, 0.4) is 0 Å². The van der Waals surface area contributed by atoms with Crippen LogP contribution in [0.2, 0.25) is 0 Å². The zero-order valence-corrected chi connectivity index (χ0v) is 10.2. The zero-order chi connectivity index (χ0) is 12.2. The summed E-state index contributed by atoms with van der Waals surface area (Å²) in [6.45, 7) is 2.08. The van der Waals surface area contributed by atoms with E-state index in [1.165, 1.54) is 5.57 Å². The molecule has 1 aliphatic carbocycles. The Morgan fingerprint density at radius 2 is 0.824 bits per heavy atom. The van der Waals surface area contributed by atoms with Gasteiger partial charge in [0.25, 0.3) is 0 Å². The highest BCUT2D eigenvalue weighted by molar-refractivity contribution is 5.28. The molecular weight excluding hydrogens is 204 g/mol. The van der Waals surface area contributed by atoms with Crippen LogP contribution in [0.4, 0.5) is 0 Å². The number of hydrogen-bond donors (Lipinski definition) is 0. The second kappa shape index (κ2) is 9.17. The molecule has 0 radical (unpaired) electrons. The van der Waals surface area contributed by atoms with Crippen molar-refractivity contribution in [3.63, 3.8) is 0 Å². The molecule has 0 heterocycles. The van der Waals surface area contributed by atoms with E-state index in [2.05, 4.69) is 19.1 Å². The van der Waals surface area contributed by atoms with Gasteiger partial charge < -0.3 is 0 Å². The summed E-state index contributed by atoms with van der Waals surface area (Å²) in [7, 11) is 0. The van der Waals surface area contributed by atoms with Gasteiger partial charge in [0.1, 0.15) is 0 Å². The Morgan fingerprint density at radius 3 is 1.29 bits per heavy atom. The van der Waals surface area contributed by atoms with Crippen molar-refractivity contribution in [1.29, 1.82) is 0 Å². The van der Waals surface area contributed by atoms with Gasteiger partial charge in [-0.25, -0.2) is 0 Å². The third-order valence-electron chi connectivity index (χ3n) is 2.05. The Hall–Kier alpha value is -2.08. The minimum Gasteiger partial charge on any atom is -0.0623 e. The summed E-state index contributed by atoms with van der Waals surface area (Å²) < 4.78 is 0. The molecule has 0 amide bonds. The molecule has 0 nitrogen and oxygen atoms in total. The predicted octanol–water partition coefficient (Wildman–Crippen LogP) is 4.84. The molecule has 1 aliphatic rings. The molecule has 0 aromatic carbocycles. The van der Waals surface area contributed by atoms with Crippen LogP contribution < -0.4 is 0 Å². The molecule has 0 saturated heterocycles. The summed E-state index contributed by atoms with van der Waals surface area (Å²) in [4.78, 5) is 0. The van der Waals surface area contributed by atoms with Gasteiger partial charge in [0.2, 0.25) is 0 Å². The summed E-state index contributed by atoms with van der Waals surface area (Å²) in [5.74, 6) is 0. The first-order valence-electron chi connectivity index (χ1n) is 5.74. The van der Waals surface area contributed by atoms with E-state index < -0.39 is 0 Å². The van der Waals surface area contributed by atoms with Gasteiger partial charge in [-0.2, -0.15) is 0 Å². The van der Waals surface area contributed by atoms with Crippen LogP contribution in [0.25, 0.3) is 0 Å². The fourth-order valence-electron chi connectivity index (χ4n) is 1.18. The minimum absolute atomic E-state index is 1.23. The summed E-state index contributed by atoms with van der Waals surface area (Å²) in [5, 5.41) is 0. The molecule has 0 aliphatic heterocycles. The van der Waals surface area contributed by atoms with Crippen molar-refractivity contribution in [2.75, 3.05) is 0 Å². The Kier molecular flexibility index (Phi) is 7.00. The van der Waals surface area contributed by atoms with Crippen LogP contribution in [0.5, 0.6) is 0 Å². The monoisotopic (exact) mass is 222 g/mol. The van der Waals surface area contributed by atoms with Crippen LogP contribution in [0, 0.1) is 0 Å². The molecule has 0 fully saturated rings. The third kappa shape index (κ3) is 7.80. The van der Waals surface area contributed by atoms with Gasteiger partial charge in [-0.05, 0) is 6.92 Å². The van der Waals surface area contributed by atoms with E-state index in [9.17, 15) is 0 Å². The number of rotatable bonds is 0. The van der Waals surface area contributed by atoms with E-state index in [0.717, 1.165) is 0 Å². The lowest BCUT2D eigenvalue weighted by Crippen LogP contribution is -1.64. The second-order valence-electron chi connectivity index (χ2n) is 3.58. The van der Waals surface area contributed by atoms with E-state index in [0.29, 0.717) is 0 Å². The van der Waals surface area contributed by atoms with Crippen molar-refractivity contribution in [1.82, 2.24) is 0 Å². The van der Waals surface area contributed by atoms with Crippen molar-refractivity contribution in [3.8, 4) is 0 Å². The number of hydrogen-bond acceptors (Lipinski definition) is 0. The molecule has 0 saturated carbocycles. The SMILES string of the molecule is CC1=CC=CC=CC=CC=CC=CC=CC=C1. The Labute approximate surface area is 104 Å². The van der Waals surface area contributed by atoms with E-state index in [1.54, 1.807) is 0 Å². The molecule has 0 aromatic rings. The highest BCUT2D eigenvalue weighted by Crippen LogP contribution is 1.96. The lowest BCUT2D eigenvalue weighted by molar-refractivity contribution is 1.52. The van der Waals surface area contributed by atoms with Gasteiger partial charge in [0.05, 0.1) is 0 Å². The molecule has 0 spiro atoms. The first-order chi connectivity index (χ1) is 8.39. The fraction of sp³-hybridized carbons (Fsp3) is 0.0588. The molecule has 0 unspecified atom stereocenters. The van der Waals surface area contributed by atoms with Gasteiger partial charge in [0, 0.05) is 0 Å². The maximum atomic E-state index is 2.08. The van der Waals surface area contributed by atoms with Crippen LogP contribution in [0.15, 0.2) is 96.7 Å². The normalized spacial score (nSPS) is 16.4. The molecule has 0 aromatic heterocycles. The van der Waals surface area contributed by atoms with Crippen molar-refractivity contribution in [3.05, 3.63) is 96.7 Å². The van der Waals surface area contributed by atoms with Gasteiger partial charge >= 0.3 is 0 Å². The minimum atomic E-state index is 1.23. The Bertz CT molecular complexity index is 433. The highest BCUT2D eigenvalue weighted by atomic mass is 13.8. The summed E-state index contributed by atoms with van der Waals surface area (Å²) in [6, 6.07) is 0. The van der Waals surface area contributed by atoms with Crippen LogP contribution in [-0.4, -0.2) is 0 Å². The van der Waals surface area contributed by atoms with Gasteiger partial charge in [-0.15, -0.1) is 0 Å². The van der Waals surface area contributed by atoms with Crippen LogP contribution >= 0.6 is 0 Å². The average Bonchev–Trinajstić information content (AvgIpc) is 2.32. The molecular formula is C17H18. The maximum absolute atomic E-state index is 2.08. The second-order valence-corrected chi connectivity index (χ2v) is 3.58. The van der Waals surface area contributed by atoms with Crippen molar-refractivity contribution < 1.29 is 0 Å². The lowest BCUT2D eigenvalue weighted by atomic mass is 10.2. The predicted molar refractivity (Wildman–Crippen MR) is 77.7 cm³/mol. The average molecular weight is 222 g/mol. The fourth-order valence-corrected chi connectivity index (χ4v) is 1.18. The maximum Gasteiger partial charge on any atom is -0.0398 e. The van der Waals surface area contributed by atoms with Crippen molar-refractivity contribution in [2.45, 2.75) is 6.92 Å². The molecule has 0 N–H and O–H groups in total. The van der Waals surface area contributed by atoms with Crippen molar-refractivity contribution in [2.24, 2.45) is 0 Å². The molecule has 0 heteroatoms. The van der Waals surface area contributed by atoms with E-state index in [1.807, 2.05) is 79.0 Å². The topological polar surface area (TPSA) is 0 Å². The molecule has 0 bridgehead atoms. The van der Waals surface area contributed by atoms with E-state index in [4.69, 9.17) is 0 Å². The van der Waals surface area contributed by atoms with Crippen molar-refractivity contribution >= 4 is 0 Å². The Balaban J connectivity index is 2.77. The smallest absolute Gasteiger partial charge is 0.0398 e. The third-order valence-corrected chi connectivity index (χ3v) is 2.05. The molecule has 1 rings (SSSR count). The summed E-state index contributed by atoms with van der Waals surface area (Å²) in [5.41, 5.74) is 1.23. The Morgan fingerprint density at radius 1 is 0.471 bits per heavy atom. The molecule has 17 heavy (non-hydrogen) atoms. The summed E-state index contributed by atoms with van der Waals surface area (Å²) >= 11 is 0. The van der Waals surface area contributed by atoms with Crippen LogP contribution in [0.1, 0.15) is 6.92 Å². The standard InChI is InChI=1S/C17H18/c1-17-15-13-11-9-7-5-3-2-4-6-8-10-12-14-16-17/h2-16H,1H3. The van der Waals surface area contributed by atoms with E-state index in [-0.39, 0.29) is 0 Å². The molecule has 86 valence electrons. The van der Waals surface area contributed by atoms with Gasteiger partial charge in [-0.3, -0.25) is 0 Å². The molecule has 0 atom stereocenters. The van der Waals surface area contributed by atoms with Gasteiger partial charge in [-0.1, -0.05) is 96.7 Å². The lowest BCUT2D eigenvalue weighted by Gasteiger charge is -1.85. The van der Waals surface area contributed by atoms with Crippen LogP contribution in [-0.2, 0) is 0 Å². The first kappa shape index (κ1) is 13.0. The largest absolute Gasteiger partial charge is 0.0623 e. The zero-order valence-electron chi connectivity index (χ0n) is 10.2. The number of allylic oxidation sites excluding steroid dienone is 16. The first-order valence-corrected chi connectivity index (χ1v) is 5.74. The van der Waals surface area contributed by atoms with E-state index >= 15 is 0 Å². The summed E-state index contributed by atoms with van der Waals surface area (Å²) in [6.07, 6.45) is 30.4. The quantitative estimate of drug-likeness (QED) is 0.550. The van der Waals surface area contributed by atoms with Gasteiger partial charge in [0.15, 0.2) is 0 Å². The highest BCUT2D eigenvalue weighted by Gasteiger charge is 1.75.